The monoisotopic (exact) mass is 304 g/mol. The summed E-state index contributed by atoms with van der Waals surface area (Å²) in [5, 5.41) is 0. The average molecular weight is 304 g/mol. The number of carbonyl (C=O) groups is 4. The maximum atomic E-state index is 11.1. The molecule has 1 fully saturated rings. The molecule has 0 spiro atoms. The normalized spacial score (nSPS) is 27.6. The van der Waals surface area contributed by atoms with Crippen molar-refractivity contribution < 1.29 is 42.9 Å². The number of rotatable bonds is 4. The molecule has 0 N–H and O–H groups in total. The Morgan fingerprint density at radius 2 is 0.905 bits per heavy atom. The van der Waals surface area contributed by atoms with Gasteiger partial charge in [-0.15, -0.1) is 0 Å². The summed E-state index contributed by atoms with van der Waals surface area (Å²) in [6.07, 6.45) is -5.17. The van der Waals surface area contributed by atoms with Crippen molar-refractivity contribution >= 4 is 23.9 Å². The largest absolute Gasteiger partial charge is 0.452 e. The van der Waals surface area contributed by atoms with E-state index in [9.17, 15) is 19.2 Å². The van der Waals surface area contributed by atoms with E-state index >= 15 is 0 Å². The quantitative estimate of drug-likeness (QED) is 0.508. The Hall–Kier alpha value is -2.16. The molecule has 118 valence electrons. The minimum atomic E-state index is -1.35. The van der Waals surface area contributed by atoms with Crippen LogP contribution in [0.25, 0.3) is 0 Å². The molecule has 1 rings (SSSR count). The van der Waals surface area contributed by atoms with Gasteiger partial charge in [-0.05, 0) is 0 Å². The molecule has 0 bridgehead atoms. The Morgan fingerprint density at radius 3 is 1.14 bits per heavy atom. The van der Waals surface area contributed by atoms with Gasteiger partial charge in [0.2, 0.25) is 24.8 Å². The fourth-order valence-electron chi connectivity index (χ4n) is 1.74. The van der Waals surface area contributed by atoms with Gasteiger partial charge in [-0.1, -0.05) is 0 Å². The Balaban J connectivity index is 2.99. The van der Waals surface area contributed by atoms with E-state index < -0.39 is 48.7 Å². The molecule has 0 amide bonds. The van der Waals surface area contributed by atoms with Crippen molar-refractivity contribution in [3.8, 4) is 0 Å². The number of hydrogen-bond donors (Lipinski definition) is 0. The lowest BCUT2D eigenvalue weighted by molar-refractivity contribution is -0.222. The zero-order valence-electron chi connectivity index (χ0n) is 12.0. The first-order valence-corrected chi connectivity index (χ1v) is 6.05. The molecule has 0 radical (unpaired) electrons. The van der Waals surface area contributed by atoms with Gasteiger partial charge in [-0.2, -0.15) is 0 Å². The van der Waals surface area contributed by atoms with Crippen LogP contribution in [0.4, 0.5) is 0 Å². The van der Waals surface area contributed by atoms with Crippen molar-refractivity contribution in [2.24, 2.45) is 0 Å². The highest BCUT2D eigenvalue weighted by Crippen LogP contribution is 2.29. The zero-order chi connectivity index (χ0) is 16.2. The molecule has 1 saturated heterocycles. The lowest BCUT2D eigenvalue weighted by Gasteiger charge is -2.22. The number of carbonyl (C=O) groups excluding carboxylic acids is 4. The summed E-state index contributed by atoms with van der Waals surface area (Å²) in [4.78, 5) is 44.3. The topological polar surface area (TPSA) is 114 Å². The molecule has 0 aliphatic carbocycles. The molecule has 4 atom stereocenters. The van der Waals surface area contributed by atoms with Gasteiger partial charge in [-0.3, -0.25) is 23.9 Å². The van der Waals surface area contributed by atoms with Crippen LogP contribution in [-0.2, 0) is 42.9 Å². The van der Waals surface area contributed by atoms with E-state index in [1.54, 1.807) is 0 Å². The number of ether oxygens (including phenoxy) is 5. The Morgan fingerprint density at radius 1 is 0.619 bits per heavy atom. The molecule has 21 heavy (non-hydrogen) atoms. The van der Waals surface area contributed by atoms with Crippen molar-refractivity contribution in [1.82, 2.24) is 0 Å². The van der Waals surface area contributed by atoms with Crippen LogP contribution in [0.3, 0.4) is 0 Å². The molecule has 1 heterocycles. The minimum Gasteiger partial charge on any atom is -0.452 e. The minimum absolute atomic E-state index is 0.706. The van der Waals surface area contributed by atoms with Gasteiger partial charge in [-0.25, -0.2) is 0 Å². The van der Waals surface area contributed by atoms with Crippen molar-refractivity contribution in [2.45, 2.75) is 52.5 Å². The molecular formula is C12H16O9. The van der Waals surface area contributed by atoms with Crippen molar-refractivity contribution in [2.75, 3.05) is 0 Å². The summed E-state index contributed by atoms with van der Waals surface area (Å²) in [5.41, 5.74) is 0. The van der Waals surface area contributed by atoms with Gasteiger partial charge in [0.1, 0.15) is 0 Å². The fraction of sp³-hybridized carbons (Fsp3) is 0.667. The second kappa shape index (κ2) is 7.02. The first-order chi connectivity index (χ1) is 9.70. The molecule has 1 aliphatic rings. The highest BCUT2D eigenvalue weighted by molar-refractivity contribution is 5.69. The summed E-state index contributed by atoms with van der Waals surface area (Å²) in [6.45, 7) is 4.48. The van der Waals surface area contributed by atoms with Gasteiger partial charge < -0.3 is 18.9 Å². The summed E-state index contributed by atoms with van der Waals surface area (Å²) in [6, 6.07) is 0. The van der Waals surface area contributed by atoms with Gasteiger partial charge in [0.15, 0.2) is 0 Å². The van der Waals surface area contributed by atoms with Crippen LogP contribution in [0.5, 0.6) is 0 Å². The van der Waals surface area contributed by atoms with E-state index in [0.717, 1.165) is 27.7 Å². The predicted molar refractivity (Wildman–Crippen MR) is 63.3 cm³/mol. The van der Waals surface area contributed by atoms with Gasteiger partial charge >= 0.3 is 23.9 Å². The van der Waals surface area contributed by atoms with Crippen molar-refractivity contribution in [3.63, 3.8) is 0 Å². The van der Waals surface area contributed by atoms with Crippen LogP contribution >= 0.6 is 0 Å². The lowest BCUT2D eigenvalue weighted by atomic mass is 10.2. The van der Waals surface area contributed by atoms with Crippen LogP contribution in [0.2, 0.25) is 0 Å². The molecule has 0 aromatic carbocycles. The van der Waals surface area contributed by atoms with E-state index in [0.29, 0.717) is 0 Å². The smallest absolute Gasteiger partial charge is 0.305 e. The zero-order valence-corrected chi connectivity index (χ0v) is 12.0. The molecule has 4 unspecified atom stereocenters. The van der Waals surface area contributed by atoms with Crippen molar-refractivity contribution in [3.05, 3.63) is 0 Å². The summed E-state index contributed by atoms with van der Waals surface area (Å²) >= 11 is 0. The van der Waals surface area contributed by atoms with Crippen LogP contribution in [0.15, 0.2) is 0 Å². The summed E-state index contributed by atoms with van der Waals surface area (Å²) in [5.74, 6) is -2.83. The van der Waals surface area contributed by atoms with Crippen LogP contribution in [-0.4, -0.2) is 48.7 Å². The van der Waals surface area contributed by atoms with Gasteiger partial charge in [0.05, 0.1) is 0 Å². The highest BCUT2D eigenvalue weighted by Gasteiger charge is 2.53. The SMILES string of the molecule is CC(=O)OC1OC(OC(C)=O)C(OC(C)=O)C1OC(C)=O. The molecule has 9 nitrogen and oxygen atoms in total. The van der Waals surface area contributed by atoms with Crippen LogP contribution in [0, 0.1) is 0 Å². The Kier molecular flexibility index (Phi) is 5.65. The van der Waals surface area contributed by atoms with E-state index in [4.69, 9.17) is 23.7 Å². The molecular weight excluding hydrogens is 288 g/mol. The second-order valence-corrected chi connectivity index (χ2v) is 4.24. The van der Waals surface area contributed by atoms with Crippen LogP contribution < -0.4 is 0 Å². The number of hydrogen-bond acceptors (Lipinski definition) is 9. The molecule has 0 aromatic heterocycles. The first-order valence-electron chi connectivity index (χ1n) is 6.05. The van der Waals surface area contributed by atoms with E-state index in [-0.39, 0.29) is 0 Å². The van der Waals surface area contributed by atoms with Crippen molar-refractivity contribution in [1.29, 1.82) is 0 Å². The Bertz CT molecular complexity index is 404. The number of esters is 4. The standard InChI is InChI=1S/C12H16O9/c1-5(13)17-9-10(18-6(2)14)12(20-8(4)16)21-11(9)19-7(3)15/h9-12H,1-4H3. The maximum Gasteiger partial charge on any atom is 0.305 e. The predicted octanol–water partition coefficient (Wildman–Crippen LogP) is -0.342. The summed E-state index contributed by atoms with van der Waals surface area (Å²) in [7, 11) is 0. The van der Waals surface area contributed by atoms with Gasteiger partial charge in [0, 0.05) is 27.7 Å². The third-order valence-corrected chi connectivity index (χ3v) is 2.30. The van der Waals surface area contributed by atoms with Gasteiger partial charge in [0.25, 0.3) is 0 Å². The molecule has 1 aliphatic heterocycles. The third kappa shape index (κ3) is 5.03. The average Bonchev–Trinajstić information content (AvgIpc) is 2.55. The van der Waals surface area contributed by atoms with Crippen LogP contribution in [0.1, 0.15) is 27.7 Å². The fourth-order valence-corrected chi connectivity index (χ4v) is 1.74. The first kappa shape index (κ1) is 16.9. The second-order valence-electron chi connectivity index (χ2n) is 4.24. The highest BCUT2D eigenvalue weighted by atomic mass is 16.8. The molecule has 9 heteroatoms. The molecule has 0 aromatic rings. The van der Waals surface area contributed by atoms with E-state index in [2.05, 4.69) is 0 Å². The summed E-state index contributed by atoms with van der Waals surface area (Å²) < 4.78 is 24.7. The lowest BCUT2D eigenvalue weighted by Crippen LogP contribution is -2.41. The third-order valence-electron chi connectivity index (χ3n) is 2.30. The molecule has 0 saturated carbocycles. The van der Waals surface area contributed by atoms with E-state index in [1.165, 1.54) is 0 Å². The Labute approximate surface area is 120 Å². The maximum absolute atomic E-state index is 11.1. The van der Waals surface area contributed by atoms with E-state index in [1.807, 2.05) is 0 Å².